The van der Waals surface area contributed by atoms with Crippen molar-refractivity contribution in [2.75, 3.05) is 24.4 Å². The lowest BCUT2D eigenvalue weighted by atomic mass is 10.2. The molecule has 3 rings (SSSR count). The number of carbonyl (C=O) groups excluding carboxylic acids is 1. The number of thioether (sulfide) groups is 1. The molecule has 1 heterocycles. The van der Waals surface area contributed by atoms with E-state index in [2.05, 4.69) is 4.99 Å². The number of rotatable bonds is 10. The van der Waals surface area contributed by atoms with Gasteiger partial charge >= 0.3 is 0 Å². The Morgan fingerprint density at radius 2 is 1.94 bits per heavy atom. The Bertz CT molecular complexity index is 1240. The highest BCUT2D eigenvalue weighted by Crippen LogP contribution is 2.24. The van der Waals surface area contributed by atoms with Crippen LogP contribution in [0.2, 0.25) is 0 Å². The average molecular weight is 493 g/mol. The number of aryl methyl sites for hydroxylation is 2. The van der Waals surface area contributed by atoms with Gasteiger partial charge in [-0.25, -0.2) is 8.42 Å². The first kappa shape index (κ1) is 24.5. The standard InChI is InChI=1S/C23H28N2O4S3/c1-4-29-18-9-12-20-21(16-18)31-23(25(20)13-14-30-3)24-22(26)6-5-15-32(27,28)19-10-7-17(2)8-11-19/h7-12,16H,4-6,13-15H2,1-3H3. The van der Waals surface area contributed by atoms with E-state index >= 15 is 0 Å². The van der Waals surface area contributed by atoms with Crippen molar-refractivity contribution >= 4 is 49.1 Å². The third-order valence-electron chi connectivity index (χ3n) is 4.89. The molecule has 0 radical (unpaired) electrons. The van der Waals surface area contributed by atoms with Gasteiger partial charge < -0.3 is 9.30 Å². The van der Waals surface area contributed by atoms with Gasteiger partial charge in [-0.05, 0) is 56.9 Å². The molecule has 0 unspecified atom stereocenters. The number of nitrogens with zero attached hydrogens (tertiary/aromatic N) is 2. The molecule has 2 aromatic carbocycles. The molecule has 0 aliphatic heterocycles. The first-order chi connectivity index (χ1) is 15.3. The molecular weight excluding hydrogens is 464 g/mol. The molecule has 0 aliphatic rings. The number of hydrogen-bond acceptors (Lipinski definition) is 6. The molecule has 0 fully saturated rings. The molecule has 0 bridgehead atoms. The third-order valence-corrected chi connectivity index (χ3v) is 8.34. The van der Waals surface area contributed by atoms with Gasteiger partial charge in [0, 0.05) is 18.7 Å². The number of benzene rings is 2. The highest BCUT2D eigenvalue weighted by molar-refractivity contribution is 7.98. The van der Waals surface area contributed by atoms with Gasteiger partial charge in [0.1, 0.15) is 5.75 Å². The van der Waals surface area contributed by atoms with Crippen LogP contribution in [0.15, 0.2) is 52.4 Å². The summed E-state index contributed by atoms with van der Waals surface area (Å²) in [6, 6.07) is 12.7. The van der Waals surface area contributed by atoms with Gasteiger partial charge in [-0.1, -0.05) is 29.0 Å². The zero-order valence-corrected chi connectivity index (χ0v) is 21.0. The van der Waals surface area contributed by atoms with E-state index in [4.69, 9.17) is 4.74 Å². The average Bonchev–Trinajstić information content (AvgIpc) is 3.08. The summed E-state index contributed by atoms with van der Waals surface area (Å²) in [5.41, 5.74) is 2.02. The van der Waals surface area contributed by atoms with Crippen LogP contribution in [-0.2, 0) is 21.2 Å². The summed E-state index contributed by atoms with van der Waals surface area (Å²) in [5, 5.41) is 0. The Balaban J connectivity index is 1.76. The lowest BCUT2D eigenvalue weighted by Gasteiger charge is -2.06. The van der Waals surface area contributed by atoms with E-state index in [1.165, 1.54) is 11.3 Å². The second-order valence-electron chi connectivity index (χ2n) is 7.33. The maximum absolute atomic E-state index is 12.6. The first-order valence-electron chi connectivity index (χ1n) is 10.5. The molecule has 32 heavy (non-hydrogen) atoms. The van der Waals surface area contributed by atoms with E-state index in [0.717, 1.165) is 33.8 Å². The maximum atomic E-state index is 12.6. The van der Waals surface area contributed by atoms with Gasteiger partial charge in [0.25, 0.3) is 0 Å². The zero-order valence-electron chi connectivity index (χ0n) is 18.5. The summed E-state index contributed by atoms with van der Waals surface area (Å²) in [7, 11) is -3.41. The number of carbonyl (C=O) groups is 1. The summed E-state index contributed by atoms with van der Waals surface area (Å²) in [6.07, 6.45) is 2.37. The lowest BCUT2D eigenvalue weighted by molar-refractivity contribution is -0.118. The van der Waals surface area contributed by atoms with E-state index < -0.39 is 9.84 Å². The van der Waals surface area contributed by atoms with Crippen molar-refractivity contribution in [2.45, 2.75) is 38.1 Å². The second-order valence-corrected chi connectivity index (χ2v) is 11.4. The molecule has 0 spiro atoms. The Hall–Kier alpha value is -2.10. The number of fused-ring (bicyclic) bond motifs is 1. The molecule has 3 aromatic rings. The molecule has 1 amide bonds. The summed E-state index contributed by atoms with van der Waals surface area (Å²) < 4.78 is 33.6. The van der Waals surface area contributed by atoms with Crippen LogP contribution in [0.3, 0.4) is 0 Å². The number of sulfone groups is 1. The predicted molar refractivity (Wildman–Crippen MR) is 132 cm³/mol. The molecule has 0 saturated heterocycles. The molecule has 0 N–H and O–H groups in total. The number of amides is 1. The number of thiazole rings is 1. The van der Waals surface area contributed by atoms with Crippen molar-refractivity contribution < 1.29 is 17.9 Å². The van der Waals surface area contributed by atoms with Crippen molar-refractivity contribution in [3.8, 4) is 5.75 Å². The smallest absolute Gasteiger partial charge is 0.248 e. The van der Waals surface area contributed by atoms with Crippen molar-refractivity contribution in [1.29, 1.82) is 0 Å². The molecule has 0 saturated carbocycles. The molecule has 172 valence electrons. The minimum Gasteiger partial charge on any atom is -0.494 e. The fourth-order valence-corrected chi connectivity index (χ4v) is 6.01. The van der Waals surface area contributed by atoms with E-state index in [1.807, 2.05) is 42.9 Å². The second kappa shape index (κ2) is 11.2. The van der Waals surface area contributed by atoms with E-state index in [9.17, 15) is 13.2 Å². The van der Waals surface area contributed by atoms with E-state index in [0.29, 0.717) is 11.4 Å². The fourth-order valence-electron chi connectivity index (χ4n) is 3.23. The Morgan fingerprint density at radius 1 is 1.19 bits per heavy atom. The molecular formula is C23H28N2O4S3. The van der Waals surface area contributed by atoms with Crippen LogP contribution in [-0.4, -0.2) is 43.3 Å². The molecule has 6 nitrogen and oxygen atoms in total. The highest BCUT2D eigenvalue weighted by Gasteiger charge is 2.15. The highest BCUT2D eigenvalue weighted by atomic mass is 32.2. The van der Waals surface area contributed by atoms with Crippen LogP contribution in [0.5, 0.6) is 5.75 Å². The van der Waals surface area contributed by atoms with Gasteiger partial charge in [0.05, 0.1) is 27.5 Å². The van der Waals surface area contributed by atoms with Crippen molar-refractivity contribution in [1.82, 2.24) is 4.57 Å². The van der Waals surface area contributed by atoms with Crippen LogP contribution in [0.25, 0.3) is 10.2 Å². The normalized spacial score (nSPS) is 12.4. The summed E-state index contributed by atoms with van der Waals surface area (Å²) in [5.74, 6) is 1.31. The van der Waals surface area contributed by atoms with E-state index in [-0.39, 0.29) is 29.4 Å². The van der Waals surface area contributed by atoms with Gasteiger partial charge in [0.2, 0.25) is 5.91 Å². The van der Waals surface area contributed by atoms with Crippen LogP contribution in [0.4, 0.5) is 0 Å². The van der Waals surface area contributed by atoms with Crippen LogP contribution < -0.4 is 9.54 Å². The zero-order chi connectivity index (χ0) is 23.1. The summed E-state index contributed by atoms with van der Waals surface area (Å²) in [4.78, 5) is 17.8. The first-order valence-corrected chi connectivity index (χ1v) is 14.3. The van der Waals surface area contributed by atoms with E-state index in [1.54, 1.807) is 36.0 Å². The minimum atomic E-state index is -3.41. The SMILES string of the molecule is CCOc1ccc2c(c1)sc(=NC(=O)CCCS(=O)(=O)c1ccc(C)cc1)n2CCSC. The predicted octanol–water partition coefficient (Wildman–Crippen LogP) is 4.45. The number of aromatic nitrogens is 1. The van der Waals surface area contributed by atoms with Crippen LogP contribution in [0, 0.1) is 6.92 Å². The van der Waals surface area contributed by atoms with Crippen molar-refractivity contribution in [3.05, 3.63) is 52.8 Å². The number of ether oxygens (including phenoxy) is 1. The Kier molecular flexibility index (Phi) is 8.56. The Labute approximate surface area is 197 Å². The van der Waals surface area contributed by atoms with Crippen molar-refractivity contribution in [2.24, 2.45) is 4.99 Å². The third kappa shape index (κ3) is 6.24. The van der Waals surface area contributed by atoms with Gasteiger partial charge in [-0.2, -0.15) is 16.8 Å². The molecule has 0 atom stereocenters. The largest absolute Gasteiger partial charge is 0.494 e. The van der Waals surface area contributed by atoms with Gasteiger partial charge in [-0.15, -0.1) is 0 Å². The topological polar surface area (TPSA) is 77.7 Å². The van der Waals surface area contributed by atoms with Gasteiger partial charge in [-0.3, -0.25) is 4.79 Å². The quantitative estimate of drug-likeness (QED) is 0.418. The molecule has 0 aliphatic carbocycles. The monoisotopic (exact) mass is 492 g/mol. The maximum Gasteiger partial charge on any atom is 0.248 e. The summed E-state index contributed by atoms with van der Waals surface area (Å²) >= 11 is 3.18. The van der Waals surface area contributed by atoms with Crippen molar-refractivity contribution in [3.63, 3.8) is 0 Å². The number of hydrogen-bond donors (Lipinski definition) is 0. The molecule has 9 heteroatoms. The van der Waals surface area contributed by atoms with Crippen LogP contribution >= 0.6 is 23.1 Å². The molecule has 1 aromatic heterocycles. The lowest BCUT2D eigenvalue weighted by Crippen LogP contribution is -2.18. The van der Waals surface area contributed by atoms with Gasteiger partial charge in [0.15, 0.2) is 14.6 Å². The fraction of sp³-hybridized carbons (Fsp3) is 0.391. The van der Waals surface area contributed by atoms with Crippen LogP contribution in [0.1, 0.15) is 25.3 Å². The minimum absolute atomic E-state index is 0.0755. The summed E-state index contributed by atoms with van der Waals surface area (Å²) in [6.45, 7) is 5.18. The Morgan fingerprint density at radius 3 is 2.62 bits per heavy atom.